The molecule has 1 saturated heterocycles. The zero-order valence-electron chi connectivity index (χ0n) is 8.25. The number of carbonyl (C=O) groups is 2. The van der Waals surface area contributed by atoms with Crippen LogP contribution in [-0.2, 0) is 19.1 Å². The first-order chi connectivity index (χ1) is 6.59. The molecule has 1 aliphatic heterocycles. The third kappa shape index (κ3) is 3.20. The van der Waals surface area contributed by atoms with Gasteiger partial charge in [0.25, 0.3) is 0 Å². The summed E-state index contributed by atoms with van der Waals surface area (Å²) in [4.78, 5) is 22.0. The monoisotopic (exact) mass is 198 g/mol. The lowest BCUT2D eigenvalue weighted by atomic mass is 10.2. The maximum atomic E-state index is 11.1. The average molecular weight is 198 g/mol. The summed E-state index contributed by atoms with van der Waals surface area (Å²) in [6, 6.07) is 0. The van der Waals surface area contributed by atoms with E-state index in [1.807, 2.05) is 0 Å². The van der Waals surface area contributed by atoms with Gasteiger partial charge in [0.2, 0.25) is 0 Å². The number of carbonyl (C=O) groups excluding carboxylic acids is 2. The Morgan fingerprint density at radius 2 is 2.36 bits per heavy atom. The van der Waals surface area contributed by atoms with Crippen LogP contribution in [0.4, 0.5) is 0 Å². The molecule has 0 aromatic carbocycles. The van der Waals surface area contributed by atoms with Crippen molar-refractivity contribution in [2.24, 2.45) is 0 Å². The molecule has 4 nitrogen and oxygen atoms in total. The number of rotatable bonds is 2. The lowest BCUT2D eigenvalue weighted by Gasteiger charge is -2.14. The van der Waals surface area contributed by atoms with E-state index < -0.39 is 5.97 Å². The van der Waals surface area contributed by atoms with Crippen LogP contribution >= 0.6 is 0 Å². The molecule has 4 heteroatoms. The van der Waals surface area contributed by atoms with Crippen molar-refractivity contribution < 1.29 is 19.1 Å². The van der Waals surface area contributed by atoms with Gasteiger partial charge in [-0.25, -0.2) is 4.79 Å². The molecule has 0 aromatic rings. The van der Waals surface area contributed by atoms with Gasteiger partial charge in [-0.1, -0.05) is 6.58 Å². The molecule has 14 heavy (non-hydrogen) atoms. The average Bonchev–Trinajstić information content (AvgIpc) is 2.31. The minimum Gasteiger partial charge on any atom is -0.462 e. The lowest BCUT2D eigenvalue weighted by molar-refractivity contribution is -0.153. The molecule has 0 radical (unpaired) electrons. The van der Waals surface area contributed by atoms with Gasteiger partial charge in [0.1, 0.15) is 12.7 Å². The molecule has 1 fully saturated rings. The lowest BCUT2D eigenvalue weighted by Crippen LogP contribution is -2.22. The third-order valence-corrected chi connectivity index (χ3v) is 1.96. The zero-order chi connectivity index (χ0) is 10.6. The number of hydrogen-bond acceptors (Lipinski definition) is 4. The SMILES string of the molecule is C=C(C)C(=O)OC1CCCC(=O)OC1. The van der Waals surface area contributed by atoms with E-state index in [1.165, 1.54) is 0 Å². The molecular formula is C10H14O4. The number of cyclic esters (lactones) is 1. The fraction of sp³-hybridized carbons (Fsp3) is 0.600. The van der Waals surface area contributed by atoms with Crippen LogP contribution in [0.1, 0.15) is 26.2 Å². The molecule has 1 aliphatic rings. The summed E-state index contributed by atoms with van der Waals surface area (Å²) in [7, 11) is 0. The van der Waals surface area contributed by atoms with Gasteiger partial charge in [0.05, 0.1) is 0 Å². The van der Waals surface area contributed by atoms with E-state index in [0.29, 0.717) is 24.8 Å². The van der Waals surface area contributed by atoms with E-state index in [1.54, 1.807) is 6.92 Å². The quantitative estimate of drug-likeness (QED) is 0.494. The predicted molar refractivity (Wildman–Crippen MR) is 49.5 cm³/mol. The Balaban J connectivity index is 2.41. The van der Waals surface area contributed by atoms with Gasteiger partial charge in [-0.3, -0.25) is 4.79 Å². The van der Waals surface area contributed by atoms with Crippen molar-refractivity contribution in [1.29, 1.82) is 0 Å². The highest BCUT2D eigenvalue weighted by Crippen LogP contribution is 2.13. The van der Waals surface area contributed by atoms with Crippen LogP contribution in [0.3, 0.4) is 0 Å². The standard InChI is InChI=1S/C10H14O4/c1-7(2)10(12)14-8-4-3-5-9(11)13-6-8/h8H,1,3-6H2,2H3. The maximum absolute atomic E-state index is 11.1. The summed E-state index contributed by atoms with van der Waals surface area (Å²) >= 11 is 0. The molecule has 1 rings (SSSR count). The van der Waals surface area contributed by atoms with E-state index in [4.69, 9.17) is 9.47 Å². The van der Waals surface area contributed by atoms with Crippen molar-refractivity contribution in [3.63, 3.8) is 0 Å². The largest absolute Gasteiger partial charge is 0.462 e. The van der Waals surface area contributed by atoms with Crippen LogP contribution in [0.15, 0.2) is 12.2 Å². The highest BCUT2D eigenvalue weighted by atomic mass is 16.6. The molecule has 0 aliphatic carbocycles. The van der Waals surface area contributed by atoms with Crippen molar-refractivity contribution in [3.8, 4) is 0 Å². The fourth-order valence-corrected chi connectivity index (χ4v) is 1.16. The topological polar surface area (TPSA) is 52.6 Å². The molecule has 1 unspecified atom stereocenters. The van der Waals surface area contributed by atoms with Crippen molar-refractivity contribution >= 4 is 11.9 Å². The fourth-order valence-electron chi connectivity index (χ4n) is 1.16. The summed E-state index contributed by atoms with van der Waals surface area (Å²) in [6.07, 6.45) is 1.46. The molecule has 78 valence electrons. The van der Waals surface area contributed by atoms with E-state index in [2.05, 4.69) is 6.58 Å². The van der Waals surface area contributed by atoms with Crippen molar-refractivity contribution in [1.82, 2.24) is 0 Å². The summed E-state index contributed by atoms with van der Waals surface area (Å²) in [5.74, 6) is -0.646. The van der Waals surface area contributed by atoms with Crippen LogP contribution in [0.5, 0.6) is 0 Å². The first kappa shape index (κ1) is 10.8. The number of esters is 2. The van der Waals surface area contributed by atoms with Crippen molar-refractivity contribution in [2.45, 2.75) is 32.3 Å². The van der Waals surface area contributed by atoms with Crippen LogP contribution in [-0.4, -0.2) is 24.6 Å². The second kappa shape index (κ2) is 4.79. The molecule has 0 saturated carbocycles. The number of ether oxygens (including phenoxy) is 2. The number of hydrogen-bond donors (Lipinski definition) is 0. The summed E-state index contributed by atoms with van der Waals surface area (Å²) < 4.78 is 9.92. The van der Waals surface area contributed by atoms with Gasteiger partial charge in [0.15, 0.2) is 0 Å². The van der Waals surface area contributed by atoms with E-state index in [9.17, 15) is 9.59 Å². The van der Waals surface area contributed by atoms with E-state index >= 15 is 0 Å². The minimum atomic E-state index is -0.423. The highest BCUT2D eigenvalue weighted by molar-refractivity contribution is 5.87. The predicted octanol–water partition coefficient (Wildman–Crippen LogP) is 1.20. The van der Waals surface area contributed by atoms with Crippen LogP contribution in [0.2, 0.25) is 0 Å². The zero-order valence-corrected chi connectivity index (χ0v) is 8.25. The second-order valence-corrected chi connectivity index (χ2v) is 3.38. The Morgan fingerprint density at radius 1 is 1.64 bits per heavy atom. The Labute approximate surface area is 82.9 Å². The molecule has 0 aromatic heterocycles. The second-order valence-electron chi connectivity index (χ2n) is 3.38. The minimum absolute atomic E-state index is 0.165. The molecule has 0 bridgehead atoms. The smallest absolute Gasteiger partial charge is 0.333 e. The molecule has 1 heterocycles. The van der Waals surface area contributed by atoms with Gasteiger partial charge in [-0.15, -0.1) is 0 Å². The Hall–Kier alpha value is -1.32. The third-order valence-electron chi connectivity index (χ3n) is 1.96. The van der Waals surface area contributed by atoms with E-state index in [-0.39, 0.29) is 18.7 Å². The highest BCUT2D eigenvalue weighted by Gasteiger charge is 2.20. The van der Waals surface area contributed by atoms with Crippen molar-refractivity contribution in [2.75, 3.05) is 6.61 Å². The molecular weight excluding hydrogens is 184 g/mol. The summed E-state index contributed by atoms with van der Waals surface area (Å²) in [5, 5.41) is 0. The Morgan fingerprint density at radius 3 is 3.00 bits per heavy atom. The van der Waals surface area contributed by atoms with Gasteiger partial charge in [-0.05, 0) is 19.8 Å². The van der Waals surface area contributed by atoms with E-state index in [0.717, 1.165) is 0 Å². The first-order valence-electron chi connectivity index (χ1n) is 4.61. The van der Waals surface area contributed by atoms with Crippen molar-refractivity contribution in [3.05, 3.63) is 12.2 Å². The molecule has 0 N–H and O–H groups in total. The van der Waals surface area contributed by atoms with Gasteiger partial charge in [-0.2, -0.15) is 0 Å². The van der Waals surface area contributed by atoms with Gasteiger partial charge >= 0.3 is 11.9 Å². The van der Waals surface area contributed by atoms with Crippen LogP contribution < -0.4 is 0 Å². The molecule has 0 amide bonds. The first-order valence-corrected chi connectivity index (χ1v) is 4.61. The van der Waals surface area contributed by atoms with Gasteiger partial charge in [0, 0.05) is 12.0 Å². The summed E-state index contributed by atoms with van der Waals surface area (Å²) in [5.41, 5.74) is 0.362. The van der Waals surface area contributed by atoms with Crippen LogP contribution in [0.25, 0.3) is 0 Å². The summed E-state index contributed by atoms with van der Waals surface area (Å²) in [6.45, 7) is 5.23. The molecule has 0 spiro atoms. The Kier molecular flexibility index (Phi) is 3.68. The normalized spacial score (nSPS) is 22.1. The maximum Gasteiger partial charge on any atom is 0.333 e. The van der Waals surface area contributed by atoms with Gasteiger partial charge < -0.3 is 9.47 Å². The molecule has 1 atom stereocenters. The van der Waals surface area contributed by atoms with Crippen LogP contribution in [0, 0.1) is 0 Å². The Bertz CT molecular complexity index is 257.